The smallest absolute Gasteiger partial charge is 0.0619 e. The highest BCUT2D eigenvalue weighted by atomic mass is 16.5. The fourth-order valence-electron chi connectivity index (χ4n) is 3.17. The molecular formula is C16H29N3O. The van der Waals surface area contributed by atoms with Crippen molar-refractivity contribution in [2.24, 2.45) is 5.92 Å². The highest BCUT2D eigenvalue weighted by Crippen LogP contribution is 2.34. The summed E-state index contributed by atoms with van der Waals surface area (Å²) in [5.41, 5.74) is 1.32. The monoisotopic (exact) mass is 279 g/mol. The molecule has 0 radical (unpaired) electrons. The number of hydrogen-bond donors (Lipinski definition) is 1. The van der Waals surface area contributed by atoms with E-state index < -0.39 is 0 Å². The molecule has 1 saturated heterocycles. The van der Waals surface area contributed by atoms with E-state index in [-0.39, 0.29) is 0 Å². The average molecular weight is 279 g/mol. The highest BCUT2D eigenvalue weighted by molar-refractivity contribution is 5.13. The van der Waals surface area contributed by atoms with Crippen LogP contribution in [-0.4, -0.2) is 29.0 Å². The van der Waals surface area contributed by atoms with Gasteiger partial charge < -0.3 is 10.1 Å². The molecule has 1 aliphatic rings. The Kier molecular flexibility index (Phi) is 6.05. The van der Waals surface area contributed by atoms with Crippen molar-refractivity contribution in [3.8, 4) is 0 Å². The second kappa shape index (κ2) is 7.79. The van der Waals surface area contributed by atoms with E-state index in [9.17, 15) is 0 Å². The second-order valence-electron chi connectivity index (χ2n) is 5.74. The summed E-state index contributed by atoms with van der Waals surface area (Å²) in [4.78, 5) is 0. The van der Waals surface area contributed by atoms with E-state index in [1.54, 1.807) is 0 Å². The van der Waals surface area contributed by atoms with E-state index in [2.05, 4.69) is 42.1 Å². The lowest BCUT2D eigenvalue weighted by molar-refractivity contribution is 0.0774. The van der Waals surface area contributed by atoms with Gasteiger partial charge in [-0.2, -0.15) is 5.10 Å². The first kappa shape index (κ1) is 15.5. The number of rotatable bonds is 8. The zero-order chi connectivity index (χ0) is 14.4. The van der Waals surface area contributed by atoms with Crippen molar-refractivity contribution < 1.29 is 4.74 Å². The van der Waals surface area contributed by atoms with Crippen LogP contribution in [-0.2, 0) is 11.3 Å². The minimum Gasteiger partial charge on any atom is -0.378 e. The lowest BCUT2D eigenvalue weighted by Crippen LogP contribution is -2.33. The number of nitrogens with zero attached hydrogens (tertiary/aromatic N) is 2. The van der Waals surface area contributed by atoms with E-state index in [0.717, 1.165) is 45.4 Å². The molecule has 1 aromatic rings. The molecule has 0 aromatic carbocycles. The number of aromatic nitrogens is 2. The van der Waals surface area contributed by atoms with Gasteiger partial charge in [0, 0.05) is 36.9 Å². The van der Waals surface area contributed by atoms with Gasteiger partial charge in [0.05, 0.1) is 12.3 Å². The molecule has 0 spiro atoms. The first-order valence-electron chi connectivity index (χ1n) is 8.17. The maximum absolute atomic E-state index is 5.88. The van der Waals surface area contributed by atoms with Gasteiger partial charge in [-0.15, -0.1) is 0 Å². The maximum Gasteiger partial charge on any atom is 0.0619 e. The Morgan fingerprint density at radius 2 is 2.25 bits per heavy atom. The molecular weight excluding hydrogens is 250 g/mol. The SMILES string of the molecule is CCCNC(c1cnn(CCC)c1)C1CCOC1CC. The Bertz CT molecular complexity index is 391. The first-order valence-corrected chi connectivity index (χ1v) is 8.17. The zero-order valence-corrected chi connectivity index (χ0v) is 13.1. The summed E-state index contributed by atoms with van der Waals surface area (Å²) < 4.78 is 7.95. The third-order valence-corrected chi connectivity index (χ3v) is 4.17. The normalized spacial score (nSPS) is 24.1. The molecule has 1 fully saturated rings. The minimum absolute atomic E-state index is 0.382. The van der Waals surface area contributed by atoms with Crippen LogP contribution in [0, 0.1) is 5.92 Å². The molecule has 4 heteroatoms. The van der Waals surface area contributed by atoms with E-state index in [0.29, 0.717) is 18.1 Å². The molecule has 2 heterocycles. The number of nitrogens with one attached hydrogen (secondary N) is 1. The topological polar surface area (TPSA) is 39.1 Å². The molecule has 114 valence electrons. The largest absolute Gasteiger partial charge is 0.378 e. The van der Waals surface area contributed by atoms with Crippen LogP contribution in [0.15, 0.2) is 12.4 Å². The average Bonchev–Trinajstić information content (AvgIpc) is 3.09. The summed E-state index contributed by atoms with van der Waals surface area (Å²) in [5, 5.41) is 8.21. The Morgan fingerprint density at radius 3 is 2.95 bits per heavy atom. The van der Waals surface area contributed by atoms with Crippen molar-refractivity contribution in [2.75, 3.05) is 13.2 Å². The van der Waals surface area contributed by atoms with Crippen LogP contribution in [0.1, 0.15) is 58.1 Å². The molecule has 1 aromatic heterocycles. The molecule has 3 atom stereocenters. The third-order valence-electron chi connectivity index (χ3n) is 4.17. The van der Waals surface area contributed by atoms with E-state index in [1.807, 2.05) is 6.20 Å². The van der Waals surface area contributed by atoms with Crippen molar-refractivity contribution in [3.05, 3.63) is 18.0 Å². The maximum atomic E-state index is 5.88. The van der Waals surface area contributed by atoms with Gasteiger partial charge >= 0.3 is 0 Å². The highest BCUT2D eigenvalue weighted by Gasteiger charge is 2.34. The third kappa shape index (κ3) is 3.61. The van der Waals surface area contributed by atoms with Crippen LogP contribution >= 0.6 is 0 Å². The van der Waals surface area contributed by atoms with Gasteiger partial charge in [-0.25, -0.2) is 0 Å². The van der Waals surface area contributed by atoms with Gasteiger partial charge in [-0.1, -0.05) is 20.8 Å². The van der Waals surface area contributed by atoms with E-state index >= 15 is 0 Å². The number of ether oxygens (including phenoxy) is 1. The van der Waals surface area contributed by atoms with Crippen LogP contribution in [0.3, 0.4) is 0 Å². The molecule has 1 aliphatic heterocycles. The number of aryl methyl sites for hydroxylation is 1. The van der Waals surface area contributed by atoms with Crippen molar-refractivity contribution in [1.29, 1.82) is 0 Å². The summed E-state index contributed by atoms with van der Waals surface area (Å²) in [6.45, 7) is 9.57. The molecule has 4 nitrogen and oxygen atoms in total. The second-order valence-corrected chi connectivity index (χ2v) is 5.74. The Morgan fingerprint density at radius 1 is 1.40 bits per heavy atom. The summed E-state index contributed by atoms with van der Waals surface area (Å²) in [5.74, 6) is 0.575. The van der Waals surface area contributed by atoms with Crippen LogP contribution in [0.4, 0.5) is 0 Å². The van der Waals surface area contributed by atoms with Gasteiger partial charge in [0.2, 0.25) is 0 Å². The predicted molar refractivity (Wildman–Crippen MR) is 81.7 cm³/mol. The molecule has 1 N–H and O–H groups in total. The molecule has 3 unspecified atom stereocenters. The molecule has 20 heavy (non-hydrogen) atoms. The Hall–Kier alpha value is -0.870. The fourth-order valence-corrected chi connectivity index (χ4v) is 3.17. The van der Waals surface area contributed by atoms with Gasteiger partial charge in [0.25, 0.3) is 0 Å². The van der Waals surface area contributed by atoms with E-state index in [4.69, 9.17) is 4.74 Å². The first-order chi connectivity index (χ1) is 9.80. The van der Waals surface area contributed by atoms with Crippen LogP contribution < -0.4 is 5.32 Å². The quantitative estimate of drug-likeness (QED) is 0.794. The Balaban J connectivity index is 2.12. The summed E-state index contributed by atoms with van der Waals surface area (Å²) in [6, 6.07) is 0.382. The Labute approximate surface area is 122 Å². The lowest BCUT2D eigenvalue weighted by Gasteiger charge is -2.27. The standard InChI is InChI=1S/C16H29N3O/c1-4-8-17-16(14-7-10-20-15(14)6-3)13-11-18-19(12-13)9-5-2/h11-12,14-17H,4-10H2,1-3H3. The van der Waals surface area contributed by atoms with Crippen LogP contribution in [0.2, 0.25) is 0 Å². The minimum atomic E-state index is 0.382. The van der Waals surface area contributed by atoms with Crippen molar-refractivity contribution in [1.82, 2.24) is 15.1 Å². The summed E-state index contributed by atoms with van der Waals surface area (Å²) in [7, 11) is 0. The molecule has 0 bridgehead atoms. The predicted octanol–water partition coefficient (Wildman–Crippen LogP) is 3.15. The van der Waals surface area contributed by atoms with Crippen molar-refractivity contribution in [2.45, 2.75) is 65.1 Å². The molecule has 0 saturated carbocycles. The van der Waals surface area contributed by atoms with Gasteiger partial charge in [-0.3, -0.25) is 4.68 Å². The van der Waals surface area contributed by atoms with Crippen molar-refractivity contribution in [3.63, 3.8) is 0 Å². The molecule has 2 rings (SSSR count). The van der Waals surface area contributed by atoms with Crippen molar-refractivity contribution >= 4 is 0 Å². The number of hydrogen-bond acceptors (Lipinski definition) is 3. The van der Waals surface area contributed by atoms with Gasteiger partial charge in [-0.05, 0) is 32.2 Å². The summed E-state index contributed by atoms with van der Waals surface area (Å²) in [6.07, 6.45) is 9.16. The lowest BCUT2D eigenvalue weighted by atomic mass is 9.88. The van der Waals surface area contributed by atoms with Gasteiger partial charge in [0.15, 0.2) is 0 Å². The fraction of sp³-hybridized carbons (Fsp3) is 0.812. The van der Waals surface area contributed by atoms with Gasteiger partial charge in [0.1, 0.15) is 0 Å². The van der Waals surface area contributed by atoms with Crippen LogP contribution in [0.5, 0.6) is 0 Å². The van der Waals surface area contributed by atoms with Crippen LogP contribution in [0.25, 0.3) is 0 Å². The zero-order valence-electron chi connectivity index (χ0n) is 13.1. The molecule has 0 aliphatic carbocycles. The van der Waals surface area contributed by atoms with E-state index in [1.165, 1.54) is 5.56 Å². The summed E-state index contributed by atoms with van der Waals surface area (Å²) >= 11 is 0. The molecule has 0 amide bonds.